The smallest absolute Gasteiger partial charge is 0.220 e. The molecular weight excluding hydrogens is 627 g/mol. The maximum Gasteiger partial charge on any atom is 0.220 e. The van der Waals surface area contributed by atoms with Crippen LogP contribution >= 0.6 is 0 Å². The number of amides is 1. The van der Waals surface area contributed by atoms with Crippen LogP contribution in [0, 0.1) is 0 Å². The molecular formula is C47H89NO3. The van der Waals surface area contributed by atoms with Crippen LogP contribution in [0.15, 0.2) is 36.5 Å². The summed E-state index contributed by atoms with van der Waals surface area (Å²) in [6.45, 7) is 4.28. The van der Waals surface area contributed by atoms with Crippen LogP contribution in [0.3, 0.4) is 0 Å². The number of allylic oxidation sites excluding steroid dienone is 5. The first kappa shape index (κ1) is 49.6. The van der Waals surface area contributed by atoms with Crippen molar-refractivity contribution in [2.75, 3.05) is 6.61 Å². The van der Waals surface area contributed by atoms with Crippen molar-refractivity contribution in [2.24, 2.45) is 0 Å². The zero-order valence-corrected chi connectivity index (χ0v) is 34.4. The molecule has 0 saturated carbocycles. The minimum atomic E-state index is -0.859. The van der Waals surface area contributed by atoms with E-state index in [1.165, 1.54) is 186 Å². The highest BCUT2D eigenvalue weighted by Gasteiger charge is 2.17. The van der Waals surface area contributed by atoms with Crippen LogP contribution in [0.1, 0.15) is 239 Å². The van der Waals surface area contributed by atoms with Gasteiger partial charge in [0.1, 0.15) is 0 Å². The van der Waals surface area contributed by atoms with E-state index >= 15 is 0 Å². The Morgan fingerprint density at radius 2 is 0.765 bits per heavy atom. The predicted octanol–water partition coefficient (Wildman–Crippen LogP) is 14.2. The Bertz CT molecular complexity index is 775. The van der Waals surface area contributed by atoms with Crippen LogP contribution in [0.2, 0.25) is 0 Å². The van der Waals surface area contributed by atoms with Crippen molar-refractivity contribution in [3.63, 3.8) is 0 Å². The quantitative estimate of drug-likeness (QED) is 0.0436. The molecule has 0 aromatic carbocycles. The van der Waals surface area contributed by atoms with Crippen molar-refractivity contribution in [1.29, 1.82) is 0 Å². The third kappa shape index (κ3) is 39.6. The summed E-state index contributed by atoms with van der Waals surface area (Å²) in [5, 5.41) is 22.9. The largest absolute Gasteiger partial charge is 0.394 e. The van der Waals surface area contributed by atoms with Crippen molar-refractivity contribution in [3.8, 4) is 0 Å². The van der Waals surface area contributed by atoms with E-state index in [1.54, 1.807) is 6.08 Å². The maximum atomic E-state index is 12.4. The van der Waals surface area contributed by atoms with Crippen LogP contribution in [0.4, 0.5) is 0 Å². The molecule has 4 nitrogen and oxygen atoms in total. The average Bonchev–Trinajstić information content (AvgIpc) is 3.13. The second-order valence-corrected chi connectivity index (χ2v) is 15.5. The number of carbonyl (C=O) groups is 1. The standard InChI is InChI=1S/C47H89NO3/c1-3-5-7-9-11-13-15-17-18-19-20-21-22-23-24-25-26-27-28-29-30-31-33-35-37-39-41-43-47(51)48-45(44-49)46(50)42-40-38-36-34-32-16-14-12-10-8-6-4-2/h19-20,32,34,40,42,45-46,49-50H,3-18,21-31,33,35-39,41,43-44H2,1-2H3,(H,48,51)/b20-19-,34-32+,42-40+. The molecule has 51 heavy (non-hydrogen) atoms. The van der Waals surface area contributed by atoms with E-state index in [0.717, 1.165) is 32.1 Å². The Labute approximate surface area is 319 Å². The molecule has 4 heteroatoms. The fraction of sp³-hybridized carbons (Fsp3) is 0.851. The number of unbranched alkanes of at least 4 members (excludes halogenated alkanes) is 30. The first-order chi connectivity index (χ1) is 25.2. The highest BCUT2D eigenvalue weighted by molar-refractivity contribution is 5.76. The van der Waals surface area contributed by atoms with Crippen molar-refractivity contribution in [3.05, 3.63) is 36.5 Å². The fourth-order valence-electron chi connectivity index (χ4n) is 6.84. The normalized spacial score (nSPS) is 13.3. The second kappa shape index (κ2) is 43.0. The van der Waals surface area contributed by atoms with Crippen molar-refractivity contribution in [2.45, 2.75) is 251 Å². The van der Waals surface area contributed by atoms with Gasteiger partial charge in [-0.15, -0.1) is 0 Å². The Kier molecular flexibility index (Phi) is 41.8. The predicted molar refractivity (Wildman–Crippen MR) is 225 cm³/mol. The lowest BCUT2D eigenvalue weighted by Gasteiger charge is -2.19. The van der Waals surface area contributed by atoms with Gasteiger partial charge in [0, 0.05) is 6.42 Å². The molecule has 1 amide bonds. The Morgan fingerprint density at radius 3 is 1.14 bits per heavy atom. The van der Waals surface area contributed by atoms with Gasteiger partial charge in [0.2, 0.25) is 5.91 Å². The molecule has 0 aliphatic heterocycles. The van der Waals surface area contributed by atoms with Crippen LogP contribution in [-0.4, -0.2) is 34.9 Å². The Morgan fingerprint density at radius 1 is 0.451 bits per heavy atom. The number of rotatable bonds is 41. The van der Waals surface area contributed by atoms with Gasteiger partial charge < -0.3 is 15.5 Å². The van der Waals surface area contributed by atoms with E-state index in [-0.39, 0.29) is 12.5 Å². The van der Waals surface area contributed by atoms with E-state index in [0.29, 0.717) is 6.42 Å². The fourth-order valence-corrected chi connectivity index (χ4v) is 6.84. The monoisotopic (exact) mass is 716 g/mol. The zero-order chi connectivity index (χ0) is 37.1. The van der Waals surface area contributed by atoms with Crippen molar-refractivity contribution >= 4 is 5.91 Å². The van der Waals surface area contributed by atoms with Crippen LogP contribution < -0.4 is 5.32 Å². The summed E-state index contributed by atoms with van der Waals surface area (Å²) in [7, 11) is 0. The topological polar surface area (TPSA) is 69.6 Å². The van der Waals surface area contributed by atoms with Gasteiger partial charge in [0.05, 0.1) is 18.8 Å². The number of aliphatic hydroxyl groups is 2. The molecule has 0 spiro atoms. The molecule has 2 atom stereocenters. The van der Waals surface area contributed by atoms with Gasteiger partial charge in [-0.05, 0) is 57.8 Å². The molecule has 0 fully saturated rings. The molecule has 0 aliphatic rings. The van der Waals surface area contributed by atoms with Gasteiger partial charge in [-0.1, -0.05) is 211 Å². The van der Waals surface area contributed by atoms with Crippen molar-refractivity contribution < 1.29 is 15.0 Å². The van der Waals surface area contributed by atoms with Gasteiger partial charge in [-0.2, -0.15) is 0 Å². The molecule has 0 aromatic heterocycles. The van der Waals surface area contributed by atoms with Gasteiger partial charge in [0.25, 0.3) is 0 Å². The summed E-state index contributed by atoms with van der Waals surface area (Å²) < 4.78 is 0. The second-order valence-electron chi connectivity index (χ2n) is 15.5. The first-order valence-corrected chi connectivity index (χ1v) is 22.7. The molecule has 0 radical (unpaired) electrons. The van der Waals surface area contributed by atoms with Gasteiger partial charge in [-0.3, -0.25) is 4.79 Å². The zero-order valence-electron chi connectivity index (χ0n) is 34.4. The highest BCUT2D eigenvalue weighted by atomic mass is 16.3. The van der Waals surface area contributed by atoms with Crippen LogP contribution in [-0.2, 0) is 4.79 Å². The van der Waals surface area contributed by atoms with E-state index in [4.69, 9.17) is 0 Å². The Balaban J connectivity index is 3.49. The van der Waals surface area contributed by atoms with Crippen LogP contribution in [0.5, 0.6) is 0 Å². The van der Waals surface area contributed by atoms with Gasteiger partial charge in [0.15, 0.2) is 0 Å². The summed E-state index contributed by atoms with van der Waals surface area (Å²) >= 11 is 0. The molecule has 2 unspecified atom stereocenters. The summed E-state index contributed by atoms with van der Waals surface area (Å²) in [5.74, 6) is -0.0733. The number of carbonyl (C=O) groups excluding carboxylic acids is 1. The molecule has 0 aliphatic carbocycles. The van der Waals surface area contributed by atoms with Crippen molar-refractivity contribution in [1.82, 2.24) is 5.32 Å². The molecule has 300 valence electrons. The molecule has 3 N–H and O–H groups in total. The molecule has 0 bridgehead atoms. The summed E-state index contributed by atoms with van der Waals surface area (Å²) in [5.41, 5.74) is 0. The summed E-state index contributed by atoms with van der Waals surface area (Å²) in [6, 6.07) is -0.636. The molecule has 0 rings (SSSR count). The maximum absolute atomic E-state index is 12.4. The number of hydrogen-bond donors (Lipinski definition) is 3. The lowest BCUT2D eigenvalue weighted by Crippen LogP contribution is -2.45. The van der Waals surface area contributed by atoms with E-state index in [1.807, 2.05) is 6.08 Å². The van der Waals surface area contributed by atoms with E-state index < -0.39 is 12.1 Å². The van der Waals surface area contributed by atoms with Gasteiger partial charge >= 0.3 is 0 Å². The average molecular weight is 716 g/mol. The molecule has 0 heterocycles. The summed E-state index contributed by atoms with van der Waals surface area (Å²) in [4.78, 5) is 12.4. The third-order valence-electron chi connectivity index (χ3n) is 10.3. The lowest BCUT2D eigenvalue weighted by molar-refractivity contribution is -0.123. The summed E-state index contributed by atoms with van der Waals surface area (Å²) in [6.07, 6.45) is 57.0. The Hall–Kier alpha value is -1.39. The molecule has 0 saturated heterocycles. The van der Waals surface area contributed by atoms with E-state index in [9.17, 15) is 15.0 Å². The number of nitrogens with one attached hydrogen (secondary N) is 1. The number of aliphatic hydroxyl groups excluding tert-OH is 2. The third-order valence-corrected chi connectivity index (χ3v) is 10.3. The minimum absolute atomic E-state index is 0.0733. The van der Waals surface area contributed by atoms with Crippen LogP contribution in [0.25, 0.3) is 0 Å². The first-order valence-electron chi connectivity index (χ1n) is 22.7. The lowest BCUT2D eigenvalue weighted by atomic mass is 10.0. The van der Waals surface area contributed by atoms with E-state index in [2.05, 4.69) is 43.5 Å². The molecule has 0 aromatic rings. The SMILES string of the molecule is CCCCCCCC/C=C/CC/C=C/C(O)C(CO)NC(=O)CCCCCCCCCCCCCCCCC/C=C\CCCCCCCCCC. The highest BCUT2D eigenvalue weighted by Crippen LogP contribution is 2.15. The minimum Gasteiger partial charge on any atom is -0.394 e. The number of hydrogen-bond acceptors (Lipinski definition) is 3. The van der Waals surface area contributed by atoms with Gasteiger partial charge in [-0.25, -0.2) is 0 Å².